The molecule has 3 heterocycles. The van der Waals surface area contributed by atoms with E-state index in [0.717, 1.165) is 23.5 Å². The highest BCUT2D eigenvalue weighted by Gasteiger charge is 2.21. The third-order valence-corrected chi connectivity index (χ3v) is 6.80. The number of aryl methyl sites for hydroxylation is 1. The second-order valence-electron chi connectivity index (χ2n) is 8.36. The van der Waals surface area contributed by atoms with Gasteiger partial charge in [0.15, 0.2) is 0 Å². The van der Waals surface area contributed by atoms with Crippen molar-refractivity contribution in [2.75, 3.05) is 25.6 Å². The SMILES string of the molecule is COc1ccc(Cl)cc1-c1cc(C)ncc1C(=O)Nc1nnc(OCC2C=NC(CO)=CCC2C)s1. The first-order valence-electron chi connectivity index (χ1n) is 11.3. The van der Waals surface area contributed by atoms with Gasteiger partial charge in [0.05, 0.1) is 31.6 Å². The minimum Gasteiger partial charge on any atom is -0.496 e. The predicted octanol–water partition coefficient (Wildman–Crippen LogP) is 4.80. The van der Waals surface area contributed by atoms with E-state index < -0.39 is 5.91 Å². The molecule has 3 aromatic rings. The Morgan fingerprint density at radius 1 is 1.28 bits per heavy atom. The number of carbonyl (C=O) groups is 1. The van der Waals surface area contributed by atoms with Gasteiger partial charge in [0.25, 0.3) is 11.1 Å². The molecule has 2 atom stereocenters. The molecule has 1 aliphatic heterocycles. The molecule has 2 aromatic heterocycles. The molecule has 0 radical (unpaired) electrons. The standard InChI is InChI=1S/C25H26ClN5O4S/c1-14-4-6-18(12-32)28-10-16(14)13-35-25-31-30-24(36-25)29-23(33)21-11-27-15(2)8-19(21)20-9-17(26)5-7-22(20)34-3/h5-11,14,16,32H,4,12-13H2,1-3H3,(H,29,30,33). The Bertz CT molecular complexity index is 1310. The zero-order valence-corrected chi connectivity index (χ0v) is 21.6. The number of anilines is 1. The number of nitrogens with zero attached hydrogens (tertiary/aromatic N) is 4. The molecule has 0 bridgehead atoms. The molecule has 0 saturated carbocycles. The molecule has 0 spiro atoms. The summed E-state index contributed by atoms with van der Waals surface area (Å²) in [5, 5.41) is 21.3. The van der Waals surface area contributed by atoms with E-state index in [1.807, 2.05) is 19.1 Å². The molecule has 0 fully saturated rings. The van der Waals surface area contributed by atoms with Gasteiger partial charge in [-0.25, -0.2) is 0 Å². The normalized spacial score (nSPS) is 17.3. The number of halogens is 1. The Morgan fingerprint density at radius 3 is 2.89 bits per heavy atom. The summed E-state index contributed by atoms with van der Waals surface area (Å²) in [7, 11) is 1.56. The minimum atomic E-state index is -0.394. The van der Waals surface area contributed by atoms with Gasteiger partial charge < -0.3 is 14.6 Å². The van der Waals surface area contributed by atoms with Crippen LogP contribution in [0, 0.1) is 18.8 Å². The van der Waals surface area contributed by atoms with Gasteiger partial charge in [0.2, 0.25) is 5.13 Å². The molecule has 188 valence electrons. The van der Waals surface area contributed by atoms with Gasteiger partial charge in [-0.3, -0.25) is 20.1 Å². The third-order valence-electron chi connectivity index (χ3n) is 5.81. The first-order valence-corrected chi connectivity index (χ1v) is 12.5. The number of carbonyl (C=O) groups excluding carboxylic acids is 1. The largest absolute Gasteiger partial charge is 0.496 e. The number of nitrogens with one attached hydrogen (secondary N) is 1. The van der Waals surface area contributed by atoms with Gasteiger partial charge in [-0.2, -0.15) is 0 Å². The summed E-state index contributed by atoms with van der Waals surface area (Å²) in [6.45, 7) is 4.22. The molecular formula is C25H26ClN5O4S. The topological polar surface area (TPSA) is 119 Å². The van der Waals surface area contributed by atoms with E-state index in [4.69, 9.17) is 21.1 Å². The Morgan fingerprint density at radius 2 is 2.11 bits per heavy atom. The van der Waals surface area contributed by atoms with Gasteiger partial charge in [-0.05, 0) is 54.9 Å². The van der Waals surface area contributed by atoms with Crippen LogP contribution in [-0.2, 0) is 0 Å². The predicted molar refractivity (Wildman–Crippen MR) is 140 cm³/mol. The van der Waals surface area contributed by atoms with Crippen LogP contribution in [0.2, 0.25) is 5.02 Å². The van der Waals surface area contributed by atoms with Gasteiger partial charge in [-0.1, -0.05) is 29.7 Å². The highest BCUT2D eigenvalue weighted by Crippen LogP contribution is 2.35. The van der Waals surface area contributed by atoms with Crippen molar-refractivity contribution >= 4 is 40.2 Å². The van der Waals surface area contributed by atoms with E-state index in [2.05, 4.69) is 32.4 Å². The fourth-order valence-corrected chi connectivity index (χ4v) is 4.48. The molecule has 36 heavy (non-hydrogen) atoms. The number of methoxy groups -OCH3 is 1. The van der Waals surface area contributed by atoms with E-state index in [1.54, 1.807) is 31.5 Å². The van der Waals surface area contributed by atoms with Gasteiger partial charge in [-0.15, -0.1) is 5.10 Å². The lowest BCUT2D eigenvalue weighted by Crippen LogP contribution is -2.20. The number of benzene rings is 1. The second-order valence-corrected chi connectivity index (χ2v) is 9.74. The minimum absolute atomic E-state index is 0.0566. The number of ether oxygens (including phenoxy) is 2. The molecule has 2 N–H and O–H groups in total. The van der Waals surface area contributed by atoms with Gasteiger partial charge >= 0.3 is 0 Å². The van der Waals surface area contributed by atoms with Crippen LogP contribution in [0.5, 0.6) is 10.9 Å². The first kappa shape index (κ1) is 25.7. The number of aliphatic hydroxyl groups is 1. The lowest BCUT2D eigenvalue weighted by atomic mass is 9.93. The van der Waals surface area contributed by atoms with E-state index in [0.29, 0.717) is 56.0 Å². The fourth-order valence-electron chi connectivity index (χ4n) is 3.71. The second kappa shape index (κ2) is 11.6. The maximum atomic E-state index is 13.2. The van der Waals surface area contributed by atoms with Crippen molar-refractivity contribution in [2.24, 2.45) is 16.8 Å². The Hall–Kier alpha value is -3.34. The Balaban J connectivity index is 1.47. The Labute approximate surface area is 217 Å². The van der Waals surface area contributed by atoms with Gasteiger partial charge in [0, 0.05) is 40.2 Å². The number of hydrogen-bond acceptors (Lipinski definition) is 9. The molecule has 11 heteroatoms. The quantitative estimate of drug-likeness (QED) is 0.431. The van der Waals surface area contributed by atoms with E-state index in [-0.39, 0.29) is 12.5 Å². The van der Waals surface area contributed by atoms with Crippen LogP contribution in [0.15, 0.2) is 47.2 Å². The maximum Gasteiger partial charge on any atom is 0.295 e. The number of rotatable bonds is 8. The summed E-state index contributed by atoms with van der Waals surface area (Å²) in [6, 6.07) is 7.04. The molecule has 0 aliphatic carbocycles. The average molecular weight is 528 g/mol. The zero-order valence-electron chi connectivity index (χ0n) is 20.1. The van der Waals surface area contributed by atoms with Crippen LogP contribution in [0.25, 0.3) is 11.1 Å². The molecule has 9 nitrogen and oxygen atoms in total. The number of amides is 1. The molecular weight excluding hydrogens is 502 g/mol. The summed E-state index contributed by atoms with van der Waals surface area (Å²) < 4.78 is 11.3. The lowest BCUT2D eigenvalue weighted by Gasteiger charge is -2.16. The summed E-state index contributed by atoms with van der Waals surface area (Å²) in [4.78, 5) is 21.8. The summed E-state index contributed by atoms with van der Waals surface area (Å²) in [6.07, 6.45) is 6.05. The number of pyridine rings is 1. The van der Waals surface area contributed by atoms with Crippen LogP contribution in [-0.4, -0.2) is 52.7 Å². The van der Waals surface area contributed by atoms with Crippen molar-refractivity contribution in [3.8, 4) is 22.1 Å². The van der Waals surface area contributed by atoms with E-state index in [9.17, 15) is 9.90 Å². The van der Waals surface area contributed by atoms with Crippen LogP contribution in [0.3, 0.4) is 0 Å². The average Bonchev–Trinajstić information content (AvgIpc) is 3.23. The van der Waals surface area contributed by atoms with Gasteiger partial charge in [0.1, 0.15) is 5.75 Å². The number of aromatic nitrogens is 3. The summed E-state index contributed by atoms with van der Waals surface area (Å²) in [5.41, 5.74) is 3.06. The lowest BCUT2D eigenvalue weighted by molar-refractivity contribution is 0.102. The van der Waals surface area contributed by atoms with Crippen LogP contribution < -0.4 is 14.8 Å². The number of allylic oxidation sites excluding steroid dienone is 1. The molecule has 2 unspecified atom stereocenters. The van der Waals surface area contributed by atoms with Crippen molar-refractivity contribution in [2.45, 2.75) is 20.3 Å². The van der Waals surface area contributed by atoms with Crippen molar-refractivity contribution in [1.82, 2.24) is 15.2 Å². The summed E-state index contributed by atoms with van der Waals surface area (Å²) in [5.74, 6) is 0.541. The maximum absolute atomic E-state index is 13.2. The number of aliphatic hydroxyl groups excluding tert-OH is 1. The van der Waals surface area contributed by atoms with Crippen molar-refractivity contribution in [1.29, 1.82) is 0 Å². The molecule has 1 aromatic carbocycles. The number of hydrogen-bond donors (Lipinski definition) is 2. The van der Waals surface area contributed by atoms with E-state index >= 15 is 0 Å². The van der Waals surface area contributed by atoms with Crippen molar-refractivity contribution < 1.29 is 19.4 Å². The van der Waals surface area contributed by atoms with Crippen LogP contribution in [0.4, 0.5) is 5.13 Å². The first-order chi connectivity index (χ1) is 17.4. The molecule has 4 rings (SSSR count). The van der Waals surface area contributed by atoms with Crippen LogP contribution >= 0.6 is 22.9 Å². The smallest absolute Gasteiger partial charge is 0.295 e. The van der Waals surface area contributed by atoms with E-state index in [1.165, 1.54) is 6.20 Å². The highest BCUT2D eigenvalue weighted by atomic mass is 35.5. The highest BCUT2D eigenvalue weighted by molar-refractivity contribution is 7.17. The van der Waals surface area contributed by atoms with Crippen molar-refractivity contribution in [3.05, 3.63) is 58.5 Å². The Kier molecular flexibility index (Phi) is 8.29. The fraction of sp³-hybridized carbons (Fsp3) is 0.320. The summed E-state index contributed by atoms with van der Waals surface area (Å²) >= 11 is 7.35. The molecule has 1 amide bonds. The monoisotopic (exact) mass is 527 g/mol. The zero-order chi connectivity index (χ0) is 25.7. The van der Waals surface area contributed by atoms with Crippen molar-refractivity contribution in [3.63, 3.8) is 0 Å². The third kappa shape index (κ3) is 6.07. The molecule has 1 aliphatic rings. The number of aliphatic imine (C=N–C) groups is 1. The molecule has 0 saturated heterocycles. The van der Waals surface area contributed by atoms with Crippen LogP contribution in [0.1, 0.15) is 29.4 Å².